The highest BCUT2D eigenvalue weighted by molar-refractivity contribution is 5.90. The molecule has 0 radical (unpaired) electrons. The van der Waals surface area contributed by atoms with Crippen LogP contribution in [0.4, 0.5) is 0 Å². The average molecular weight is 356 g/mol. The highest BCUT2D eigenvalue weighted by atomic mass is 16.5. The number of hydrogen-bond donors (Lipinski definition) is 2. The third kappa shape index (κ3) is 7.35. The van der Waals surface area contributed by atoms with E-state index in [9.17, 15) is 9.59 Å². The van der Waals surface area contributed by atoms with Crippen LogP contribution in [0.2, 0.25) is 0 Å². The Hall–Kier alpha value is -3.54. The normalized spacial score (nSPS) is 9.23. The Morgan fingerprint density at radius 3 is 1.31 bits per heavy atom. The van der Waals surface area contributed by atoms with E-state index in [4.69, 9.17) is 19.7 Å². The monoisotopic (exact) mass is 356 g/mol. The molecule has 2 N–H and O–H groups in total. The first kappa shape index (κ1) is 20.5. The van der Waals surface area contributed by atoms with Gasteiger partial charge in [0.25, 0.3) is 0 Å². The lowest BCUT2D eigenvalue weighted by Gasteiger charge is -2.00. The molecular weight excluding hydrogens is 336 g/mol. The fraction of sp³-hybridized carbons (Fsp3) is 0.100. The lowest BCUT2D eigenvalue weighted by atomic mass is 10.2. The molecule has 6 nitrogen and oxygen atoms in total. The standard InChI is InChI=1S/2C10H10O3/c2*1-2-7-13-10(12)8-3-5-9(11)6-4-8/h2*2-6,11H,1,7H2. The van der Waals surface area contributed by atoms with Crippen LogP contribution in [0, 0.1) is 0 Å². The van der Waals surface area contributed by atoms with Gasteiger partial charge in [-0.25, -0.2) is 9.59 Å². The second-order valence-corrected chi connectivity index (χ2v) is 4.87. The van der Waals surface area contributed by atoms with E-state index in [0.29, 0.717) is 11.1 Å². The van der Waals surface area contributed by atoms with Crippen molar-refractivity contribution in [2.75, 3.05) is 13.2 Å². The lowest BCUT2D eigenvalue weighted by Crippen LogP contribution is -2.04. The lowest BCUT2D eigenvalue weighted by molar-refractivity contribution is 0.0540. The van der Waals surface area contributed by atoms with E-state index in [2.05, 4.69) is 13.2 Å². The van der Waals surface area contributed by atoms with Crippen LogP contribution in [-0.4, -0.2) is 35.4 Å². The molecule has 0 aliphatic rings. The summed E-state index contributed by atoms with van der Waals surface area (Å²) in [7, 11) is 0. The van der Waals surface area contributed by atoms with Crippen LogP contribution in [0.15, 0.2) is 73.8 Å². The van der Waals surface area contributed by atoms with Gasteiger partial charge in [-0.15, -0.1) is 0 Å². The molecule has 2 rings (SSSR count). The van der Waals surface area contributed by atoms with Gasteiger partial charge in [-0.1, -0.05) is 25.3 Å². The van der Waals surface area contributed by atoms with Gasteiger partial charge in [-0.2, -0.15) is 0 Å². The van der Waals surface area contributed by atoms with Crippen LogP contribution in [0.25, 0.3) is 0 Å². The molecule has 0 aliphatic carbocycles. The van der Waals surface area contributed by atoms with Gasteiger partial charge >= 0.3 is 11.9 Å². The Morgan fingerprint density at radius 2 is 1.04 bits per heavy atom. The summed E-state index contributed by atoms with van der Waals surface area (Å²) in [5.74, 6) is -0.583. The molecule has 2 aromatic carbocycles. The molecule has 0 aliphatic heterocycles. The minimum absolute atomic E-state index is 0.125. The zero-order valence-corrected chi connectivity index (χ0v) is 14.1. The molecule has 0 heterocycles. The molecule has 0 bridgehead atoms. The van der Waals surface area contributed by atoms with E-state index < -0.39 is 11.9 Å². The number of carbonyl (C=O) groups is 2. The fourth-order valence-corrected chi connectivity index (χ4v) is 1.63. The maximum Gasteiger partial charge on any atom is 0.338 e. The molecular formula is C20H20O6. The van der Waals surface area contributed by atoms with Crippen LogP contribution in [-0.2, 0) is 9.47 Å². The summed E-state index contributed by atoms with van der Waals surface area (Å²) < 4.78 is 9.56. The molecule has 6 heteroatoms. The first-order valence-corrected chi connectivity index (χ1v) is 7.62. The van der Waals surface area contributed by atoms with Gasteiger partial charge in [0.15, 0.2) is 0 Å². The van der Waals surface area contributed by atoms with Crippen molar-refractivity contribution in [1.82, 2.24) is 0 Å². The highest BCUT2D eigenvalue weighted by Gasteiger charge is 2.05. The molecule has 0 saturated heterocycles. The number of phenolic OH excluding ortho intramolecular Hbond substituents is 2. The van der Waals surface area contributed by atoms with Crippen LogP contribution in [0.1, 0.15) is 20.7 Å². The summed E-state index contributed by atoms with van der Waals surface area (Å²) in [5.41, 5.74) is 0.833. The third-order valence-corrected chi connectivity index (χ3v) is 2.87. The van der Waals surface area contributed by atoms with Crippen LogP contribution in [0.3, 0.4) is 0 Å². The van der Waals surface area contributed by atoms with Crippen LogP contribution < -0.4 is 0 Å². The Labute approximate surface area is 151 Å². The zero-order valence-electron chi connectivity index (χ0n) is 14.1. The molecule has 0 fully saturated rings. The number of phenols is 2. The van der Waals surface area contributed by atoms with Crippen molar-refractivity contribution in [2.24, 2.45) is 0 Å². The van der Waals surface area contributed by atoms with Gasteiger partial charge in [-0.3, -0.25) is 0 Å². The number of hydrogen-bond acceptors (Lipinski definition) is 6. The molecule has 0 aromatic heterocycles. The number of ether oxygens (including phenoxy) is 2. The molecule has 136 valence electrons. The number of esters is 2. The Balaban J connectivity index is 0.000000260. The predicted molar refractivity (Wildman–Crippen MR) is 97.2 cm³/mol. The minimum Gasteiger partial charge on any atom is -0.508 e. The van der Waals surface area contributed by atoms with Crippen LogP contribution >= 0.6 is 0 Å². The van der Waals surface area contributed by atoms with Crippen molar-refractivity contribution in [3.05, 3.63) is 85.0 Å². The minimum atomic E-state index is -0.417. The Kier molecular flexibility index (Phi) is 8.75. The molecule has 0 atom stereocenters. The highest BCUT2D eigenvalue weighted by Crippen LogP contribution is 2.11. The SMILES string of the molecule is C=CCOC(=O)c1ccc(O)cc1.C=CCOC(=O)c1ccc(O)cc1. The van der Waals surface area contributed by atoms with Crippen LogP contribution in [0.5, 0.6) is 11.5 Å². The summed E-state index contributed by atoms with van der Waals surface area (Å²) in [6.07, 6.45) is 3.00. The maximum absolute atomic E-state index is 11.2. The first-order valence-electron chi connectivity index (χ1n) is 7.62. The van der Waals surface area contributed by atoms with Crippen molar-refractivity contribution in [1.29, 1.82) is 0 Å². The van der Waals surface area contributed by atoms with Gasteiger partial charge in [-0.05, 0) is 48.5 Å². The quantitative estimate of drug-likeness (QED) is 0.608. The number of carbonyl (C=O) groups excluding carboxylic acids is 2. The third-order valence-electron chi connectivity index (χ3n) is 2.87. The summed E-state index contributed by atoms with van der Waals surface area (Å²) in [6, 6.07) is 11.7. The summed E-state index contributed by atoms with van der Waals surface area (Å²) in [5, 5.41) is 17.9. The van der Waals surface area contributed by atoms with E-state index in [-0.39, 0.29) is 24.7 Å². The number of aromatic hydroxyl groups is 2. The molecule has 0 amide bonds. The summed E-state index contributed by atoms with van der Waals surface area (Å²) in [4.78, 5) is 22.3. The first-order chi connectivity index (χ1) is 12.5. The number of rotatable bonds is 6. The average Bonchev–Trinajstić information content (AvgIpc) is 2.66. The van der Waals surface area contributed by atoms with Gasteiger partial charge < -0.3 is 19.7 Å². The van der Waals surface area contributed by atoms with E-state index in [1.807, 2.05) is 0 Å². The van der Waals surface area contributed by atoms with Crippen molar-refractivity contribution in [3.8, 4) is 11.5 Å². The topological polar surface area (TPSA) is 93.1 Å². The fourth-order valence-electron chi connectivity index (χ4n) is 1.63. The Bertz CT molecular complexity index is 666. The van der Waals surface area contributed by atoms with E-state index in [0.717, 1.165) is 0 Å². The molecule has 0 unspecified atom stereocenters. The van der Waals surface area contributed by atoms with Crippen molar-refractivity contribution < 1.29 is 29.3 Å². The molecule has 0 spiro atoms. The van der Waals surface area contributed by atoms with Gasteiger partial charge in [0.05, 0.1) is 11.1 Å². The summed E-state index contributed by atoms with van der Waals surface area (Å²) >= 11 is 0. The van der Waals surface area contributed by atoms with E-state index in [1.165, 1.54) is 60.7 Å². The second-order valence-electron chi connectivity index (χ2n) is 4.87. The Morgan fingerprint density at radius 1 is 0.731 bits per heavy atom. The zero-order chi connectivity index (χ0) is 19.4. The largest absolute Gasteiger partial charge is 0.508 e. The molecule has 26 heavy (non-hydrogen) atoms. The predicted octanol–water partition coefficient (Wildman–Crippen LogP) is 3.47. The second kappa shape index (κ2) is 11.1. The van der Waals surface area contributed by atoms with Crippen molar-refractivity contribution >= 4 is 11.9 Å². The molecule has 2 aromatic rings. The smallest absolute Gasteiger partial charge is 0.338 e. The van der Waals surface area contributed by atoms with E-state index >= 15 is 0 Å². The maximum atomic E-state index is 11.2. The van der Waals surface area contributed by atoms with Gasteiger partial charge in [0.2, 0.25) is 0 Å². The van der Waals surface area contributed by atoms with Gasteiger partial charge in [0, 0.05) is 0 Å². The van der Waals surface area contributed by atoms with Crippen molar-refractivity contribution in [3.63, 3.8) is 0 Å². The number of benzene rings is 2. The van der Waals surface area contributed by atoms with Crippen molar-refractivity contribution in [2.45, 2.75) is 0 Å². The van der Waals surface area contributed by atoms with Gasteiger partial charge in [0.1, 0.15) is 24.7 Å². The molecule has 0 saturated carbocycles. The van der Waals surface area contributed by atoms with E-state index in [1.54, 1.807) is 0 Å². The summed E-state index contributed by atoms with van der Waals surface area (Å²) in [6.45, 7) is 7.23.